The maximum atomic E-state index is 12.6. The first-order chi connectivity index (χ1) is 10.9. The van der Waals surface area contributed by atoms with Crippen molar-refractivity contribution < 1.29 is 42.8 Å². The maximum absolute atomic E-state index is 12.6. The molecule has 4 aliphatic rings. The molecular formula is C21H23Li2NO. The van der Waals surface area contributed by atoms with Crippen molar-refractivity contribution in [2.45, 2.75) is 45.6 Å². The van der Waals surface area contributed by atoms with Gasteiger partial charge in [0.05, 0.1) is 5.54 Å². The summed E-state index contributed by atoms with van der Waals surface area (Å²) in [4.78, 5) is 4.33. The van der Waals surface area contributed by atoms with Gasteiger partial charge in [0.2, 0.25) is 0 Å². The third kappa shape index (κ3) is 6.02. The van der Waals surface area contributed by atoms with Crippen LogP contribution in [0.5, 0.6) is 0 Å². The fourth-order valence-electron chi connectivity index (χ4n) is 2.85. The molecule has 0 spiro atoms. The SMILES string of the molecule is CC(C)(C)N=C([O-])c1cc2ccc1[CH-]Cc1ccc(cc1)CC2.[Li+].[Li+]. The average Bonchev–Trinajstić information content (AvgIpc) is 2.48. The summed E-state index contributed by atoms with van der Waals surface area (Å²) in [5.74, 6) is -0.114. The molecule has 4 heteroatoms. The average molecular weight is 319 g/mol. The van der Waals surface area contributed by atoms with E-state index < -0.39 is 0 Å². The molecule has 4 bridgehead atoms. The Morgan fingerprint density at radius 1 is 0.920 bits per heavy atom. The number of hydrogen-bond acceptors (Lipinski definition) is 2. The van der Waals surface area contributed by atoms with Crippen LogP contribution in [-0.2, 0) is 19.3 Å². The van der Waals surface area contributed by atoms with E-state index in [-0.39, 0.29) is 49.2 Å². The summed E-state index contributed by atoms with van der Waals surface area (Å²) in [5.41, 5.74) is 5.16. The van der Waals surface area contributed by atoms with Crippen LogP contribution in [0.2, 0.25) is 0 Å². The minimum Gasteiger partial charge on any atom is -0.868 e. The Hall–Kier alpha value is -1.03. The summed E-state index contributed by atoms with van der Waals surface area (Å²) >= 11 is 0. The van der Waals surface area contributed by atoms with Crippen LogP contribution >= 0.6 is 0 Å². The number of aliphatic imine (C=N–C) groups is 1. The number of hydrogen-bond donors (Lipinski definition) is 0. The van der Waals surface area contributed by atoms with Gasteiger partial charge in [-0.05, 0) is 39.2 Å². The third-order valence-corrected chi connectivity index (χ3v) is 4.07. The molecule has 25 heavy (non-hydrogen) atoms. The van der Waals surface area contributed by atoms with Crippen LogP contribution in [0.15, 0.2) is 47.5 Å². The minimum absolute atomic E-state index is 0. The molecule has 0 radical (unpaired) electrons. The van der Waals surface area contributed by atoms with Crippen molar-refractivity contribution in [3.63, 3.8) is 0 Å². The standard InChI is InChI=1S/C21H24NO.2Li/c1-21(2,3)22-20(23)19-14-17-9-8-15-4-6-16(7-5-15)10-12-18(19)13-11-17;;/h4-7,11-14H,8-10H2,1-3H3,(H,22,23);;/q-1;2*+1/p-1. The van der Waals surface area contributed by atoms with E-state index in [1.807, 2.05) is 26.8 Å². The molecule has 0 saturated carbocycles. The van der Waals surface area contributed by atoms with Gasteiger partial charge in [-0.2, -0.15) is 18.1 Å². The fraction of sp³-hybridized carbons (Fsp3) is 0.333. The van der Waals surface area contributed by atoms with E-state index in [0.29, 0.717) is 0 Å². The first kappa shape index (κ1) is 22.0. The second kappa shape index (κ2) is 9.07. The molecule has 120 valence electrons. The van der Waals surface area contributed by atoms with Crippen molar-refractivity contribution in [3.05, 3.63) is 76.7 Å². The van der Waals surface area contributed by atoms with Gasteiger partial charge in [0.25, 0.3) is 0 Å². The van der Waals surface area contributed by atoms with Crippen LogP contribution < -0.4 is 42.8 Å². The van der Waals surface area contributed by atoms with Gasteiger partial charge in [0.1, 0.15) is 0 Å². The summed E-state index contributed by atoms with van der Waals surface area (Å²) in [6, 6.07) is 15.0. The van der Waals surface area contributed by atoms with E-state index in [0.717, 1.165) is 30.4 Å². The molecule has 0 unspecified atom stereocenters. The van der Waals surface area contributed by atoms with Crippen LogP contribution in [0, 0.1) is 6.42 Å². The molecule has 0 N–H and O–H groups in total. The summed E-state index contributed by atoms with van der Waals surface area (Å²) in [7, 11) is 0. The van der Waals surface area contributed by atoms with Gasteiger partial charge < -0.3 is 10.1 Å². The Morgan fingerprint density at radius 3 is 2.12 bits per heavy atom. The van der Waals surface area contributed by atoms with E-state index in [1.54, 1.807) is 0 Å². The van der Waals surface area contributed by atoms with E-state index in [4.69, 9.17) is 0 Å². The van der Waals surface area contributed by atoms with Gasteiger partial charge in [0.15, 0.2) is 0 Å². The van der Waals surface area contributed by atoms with Crippen LogP contribution in [0.1, 0.15) is 48.6 Å². The number of nitrogens with zero attached hydrogens (tertiary/aromatic N) is 1. The quantitative estimate of drug-likeness (QED) is 0.248. The van der Waals surface area contributed by atoms with Crippen molar-refractivity contribution >= 4 is 5.90 Å². The summed E-state index contributed by atoms with van der Waals surface area (Å²) in [6.45, 7) is 5.87. The van der Waals surface area contributed by atoms with Crippen molar-refractivity contribution in [1.82, 2.24) is 0 Å². The Balaban J connectivity index is 0.00000156. The van der Waals surface area contributed by atoms with Crippen molar-refractivity contribution in [3.8, 4) is 0 Å². The zero-order chi connectivity index (χ0) is 16.4. The second-order valence-corrected chi connectivity index (χ2v) is 7.23. The van der Waals surface area contributed by atoms with Gasteiger partial charge >= 0.3 is 37.7 Å². The van der Waals surface area contributed by atoms with Crippen molar-refractivity contribution in [2.24, 2.45) is 4.99 Å². The molecule has 0 saturated heterocycles. The Morgan fingerprint density at radius 2 is 1.48 bits per heavy atom. The van der Waals surface area contributed by atoms with E-state index >= 15 is 0 Å². The Labute approximate surface area is 175 Å². The number of benzene rings is 2. The normalized spacial score (nSPS) is 13.8. The molecule has 0 heterocycles. The fourth-order valence-corrected chi connectivity index (χ4v) is 2.85. The minimum atomic E-state index is -0.356. The monoisotopic (exact) mass is 319 g/mol. The number of rotatable bonds is 1. The molecule has 0 aliphatic heterocycles. The third-order valence-electron chi connectivity index (χ3n) is 4.07. The molecule has 6 rings (SSSR count). The molecule has 4 aliphatic carbocycles. The van der Waals surface area contributed by atoms with Crippen LogP contribution in [-0.4, -0.2) is 11.4 Å². The maximum Gasteiger partial charge on any atom is 1.00 e. The predicted octanol–water partition coefficient (Wildman–Crippen LogP) is -2.51. The second-order valence-electron chi connectivity index (χ2n) is 7.23. The Bertz CT molecular complexity index is 731. The van der Waals surface area contributed by atoms with Crippen molar-refractivity contribution in [2.75, 3.05) is 0 Å². The molecule has 0 aromatic heterocycles. The summed E-state index contributed by atoms with van der Waals surface area (Å²) in [6.07, 6.45) is 4.89. The van der Waals surface area contributed by atoms with Gasteiger partial charge in [-0.1, -0.05) is 47.7 Å². The first-order valence-electron chi connectivity index (χ1n) is 8.22. The van der Waals surface area contributed by atoms with Crippen LogP contribution in [0.25, 0.3) is 0 Å². The first-order valence-corrected chi connectivity index (χ1v) is 8.22. The predicted molar refractivity (Wildman–Crippen MR) is 93.7 cm³/mol. The van der Waals surface area contributed by atoms with Gasteiger partial charge in [-0.3, -0.25) is 0 Å². The number of aryl methyl sites for hydroxylation is 2. The molecule has 2 aromatic carbocycles. The van der Waals surface area contributed by atoms with Gasteiger partial charge in [0, 0.05) is 0 Å². The molecular weight excluding hydrogens is 296 g/mol. The van der Waals surface area contributed by atoms with Crippen LogP contribution in [0.4, 0.5) is 0 Å². The van der Waals surface area contributed by atoms with Crippen LogP contribution in [0.3, 0.4) is 0 Å². The summed E-state index contributed by atoms with van der Waals surface area (Å²) in [5, 5.41) is 12.6. The van der Waals surface area contributed by atoms with E-state index in [2.05, 4.69) is 47.8 Å². The molecule has 2 aromatic rings. The molecule has 0 fully saturated rings. The van der Waals surface area contributed by atoms with Gasteiger partial charge in [-0.15, -0.1) is 17.7 Å². The molecule has 2 nitrogen and oxygen atoms in total. The van der Waals surface area contributed by atoms with Crippen molar-refractivity contribution in [1.29, 1.82) is 0 Å². The summed E-state index contributed by atoms with van der Waals surface area (Å²) < 4.78 is 0. The topological polar surface area (TPSA) is 35.4 Å². The van der Waals surface area contributed by atoms with E-state index in [1.165, 1.54) is 16.7 Å². The van der Waals surface area contributed by atoms with Gasteiger partial charge in [-0.25, -0.2) is 0 Å². The zero-order valence-corrected chi connectivity index (χ0v) is 16.1. The smallest absolute Gasteiger partial charge is 0.868 e. The van der Waals surface area contributed by atoms with E-state index in [9.17, 15) is 5.11 Å². The largest absolute Gasteiger partial charge is 1.00 e. The Kier molecular flexibility index (Phi) is 7.99. The zero-order valence-electron chi connectivity index (χ0n) is 16.1. The molecule has 0 amide bonds. The molecule has 0 atom stereocenters.